The quantitative estimate of drug-likeness (QED) is 0.557. The highest BCUT2D eigenvalue weighted by atomic mass is 16.5. The zero-order valence-corrected chi connectivity index (χ0v) is 19.2. The predicted molar refractivity (Wildman–Crippen MR) is 121 cm³/mol. The number of aromatic nitrogens is 3. The van der Waals surface area contributed by atoms with Crippen LogP contribution in [0.15, 0.2) is 12.4 Å². The minimum absolute atomic E-state index is 0.00343. The molecule has 2 unspecified atom stereocenters. The van der Waals surface area contributed by atoms with E-state index in [4.69, 9.17) is 16.2 Å². The number of nitrogens with two attached hydrogens (primary N) is 2. The number of fused-ring (bicyclic) bond motifs is 1. The Balaban J connectivity index is 1.71. The molecule has 0 aromatic carbocycles. The zero-order valence-electron chi connectivity index (χ0n) is 19.2. The van der Waals surface area contributed by atoms with Crippen LogP contribution in [0.1, 0.15) is 71.6 Å². The number of hydrogen-bond acceptors (Lipinski definition) is 8. The van der Waals surface area contributed by atoms with Gasteiger partial charge >= 0.3 is 5.97 Å². The van der Waals surface area contributed by atoms with Crippen LogP contribution in [0.3, 0.4) is 0 Å². The van der Waals surface area contributed by atoms with E-state index in [1.54, 1.807) is 0 Å². The van der Waals surface area contributed by atoms with Crippen LogP contribution in [-0.4, -0.2) is 50.9 Å². The van der Waals surface area contributed by atoms with Gasteiger partial charge in [0.05, 0.1) is 18.8 Å². The maximum Gasteiger partial charge on any atom is 0.320 e. The summed E-state index contributed by atoms with van der Waals surface area (Å²) in [6.45, 7) is 5.85. The molecular formula is C23H30N6O4. The number of ether oxygens (including phenoxy) is 1. The van der Waals surface area contributed by atoms with E-state index in [2.05, 4.69) is 29.1 Å². The number of nitrogens with zero attached hydrogens (tertiary/aromatic N) is 3. The second-order valence-corrected chi connectivity index (χ2v) is 9.65. The normalized spacial score (nSPS) is 21.5. The van der Waals surface area contributed by atoms with Gasteiger partial charge in [-0.25, -0.2) is 9.97 Å². The molecule has 5 N–H and O–H groups in total. The Morgan fingerprint density at radius 1 is 1.30 bits per heavy atom. The molecule has 2 aliphatic carbocycles. The van der Waals surface area contributed by atoms with E-state index < -0.39 is 11.9 Å². The number of nitrogens with one attached hydrogen (secondary N) is 1. The number of ketones is 1. The van der Waals surface area contributed by atoms with Gasteiger partial charge in [0.15, 0.2) is 23.1 Å². The lowest BCUT2D eigenvalue weighted by Crippen LogP contribution is -2.35. The fraction of sp³-hybridized carbons (Fsp3) is 0.522. The van der Waals surface area contributed by atoms with Crippen molar-refractivity contribution in [3.8, 4) is 5.82 Å². The Labute approximate surface area is 192 Å². The second-order valence-electron chi connectivity index (χ2n) is 9.65. The smallest absolute Gasteiger partial charge is 0.320 e. The van der Waals surface area contributed by atoms with E-state index in [1.807, 2.05) is 17.7 Å². The third-order valence-corrected chi connectivity index (χ3v) is 6.32. The van der Waals surface area contributed by atoms with Crippen molar-refractivity contribution < 1.29 is 19.1 Å². The third-order valence-electron chi connectivity index (χ3n) is 6.32. The van der Waals surface area contributed by atoms with E-state index in [1.165, 1.54) is 6.20 Å². The summed E-state index contributed by atoms with van der Waals surface area (Å²) in [6.07, 6.45) is 6.45. The van der Waals surface area contributed by atoms with Crippen LogP contribution in [0.25, 0.3) is 5.82 Å². The van der Waals surface area contributed by atoms with Crippen molar-refractivity contribution in [3.63, 3.8) is 0 Å². The topological polar surface area (TPSA) is 155 Å². The molecule has 0 bridgehead atoms. The highest BCUT2D eigenvalue weighted by Gasteiger charge is 2.36. The zero-order chi connectivity index (χ0) is 23.9. The summed E-state index contributed by atoms with van der Waals surface area (Å²) in [5.41, 5.74) is 13.3. The highest BCUT2D eigenvalue weighted by Crippen LogP contribution is 2.38. The van der Waals surface area contributed by atoms with Crippen LogP contribution < -0.4 is 16.8 Å². The number of anilines is 1. The first-order valence-electron chi connectivity index (χ1n) is 11.2. The Morgan fingerprint density at radius 2 is 2.06 bits per heavy atom. The summed E-state index contributed by atoms with van der Waals surface area (Å²) in [7, 11) is 0. The van der Waals surface area contributed by atoms with Gasteiger partial charge in [-0.05, 0) is 43.6 Å². The van der Waals surface area contributed by atoms with Crippen molar-refractivity contribution in [1.82, 2.24) is 14.5 Å². The van der Waals surface area contributed by atoms with Gasteiger partial charge in [0, 0.05) is 23.9 Å². The number of primary amides is 1. The van der Waals surface area contributed by atoms with Crippen molar-refractivity contribution in [3.05, 3.63) is 34.9 Å². The predicted octanol–water partition coefficient (Wildman–Crippen LogP) is 1.66. The molecule has 4 rings (SSSR count). The van der Waals surface area contributed by atoms with Gasteiger partial charge in [-0.15, -0.1) is 0 Å². The molecule has 10 nitrogen and oxygen atoms in total. The van der Waals surface area contributed by atoms with E-state index in [0.717, 1.165) is 29.7 Å². The van der Waals surface area contributed by atoms with Crippen LogP contribution >= 0.6 is 0 Å². The summed E-state index contributed by atoms with van der Waals surface area (Å²) in [6, 6.07) is -0.246. The lowest BCUT2D eigenvalue weighted by atomic mass is 9.75. The Hall–Kier alpha value is -3.27. The number of carbonyl (C=O) groups excluding carboxylic acids is 3. The first kappa shape index (κ1) is 22.9. The third kappa shape index (κ3) is 4.47. The molecule has 176 valence electrons. The van der Waals surface area contributed by atoms with Crippen LogP contribution in [-0.2, 0) is 16.0 Å². The summed E-state index contributed by atoms with van der Waals surface area (Å²) < 4.78 is 7.31. The minimum Gasteiger partial charge on any atom is -0.459 e. The van der Waals surface area contributed by atoms with Gasteiger partial charge in [0.2, 0.25) is 0 Å². The van der Waals surface area contributed by atoms with Gasteiger partial charge in [-0.1, -0.05) is 13.8 Å². The standard InChI is InChI=1S/C23H30N6O4/c1-12-11-29(14-7-23(2,3)8-15(30)19(12)14)17-10-26-20(21(25)32)22(28-17)27-13-5-4-6-16(13)33-18(31)9-24/h10-11,13,16H,4-9,24H2,1-3H3,(H2,25,32)(H,27,28). The van der Waals surface area contributed by atoms with Crippen molar-refractivity contribution in [1.29, 1.82) is 0 Å². The van der Waals surface area contributed by atoms with Crippen LogP contribution in [0.2, 0.25) is 0 Å². The number of carbonyl (C=O) groups is 3. The van der Waals surface area contributed by atoms with Gasteiger partial charge in [-0.2, -0.15) is 0 Å². The second kappa shape index (κ2) is 8.58. The largest absolute Gasteiger partial charge is 0.459 e. The maximum atomic E-state index is 12.8. The summed E-state index contributed by atoms with van der Waals surface area (Å²) in [4.78, 5) is 45.5. The van der Waals surface area contributed by atoms with E-state index >= 15 is 0 Å². The van der Waals surface area contributed by atoms with Gasteiger partial charge in [0.25, 0.3) is 5.91 Å². The van der Waals surface area contributed by atoms with Crippen LogP contribution in [0, 0.1) is 12.3 Å². The van der Waals surface area contributed by atoms with Crippen molar-refractivity contribution >= 4 is 23.5 Å². The number of aryl methyl sites for hydroxylation is 1. The number of esters is 1. The summed E-state index contributed by atoms with van der Waals surface area (Å²) in [5, 5.41) is 3.22. The molecular weight excluding hydrogens is 424 g/mol. The number of rotatable bonds is 6. The van der Waals surface area contributed by atoms with Crippen molar-refractivity contribution in [2.45, 2.75) is 65.0 Å². The molecule has 0 spiro atoms. The van der Waals surface area contributed by atoms with Gasteiger partial charge < -0.3 is 26.1 Å². The maximum absolute atomic E-state index is 12.8. The first-order chi connectivity index (χ1) is 15.6. The van der Waals surface area contributed by atoms with Crippen LogP contribution in [0.4, 0.5) is 5.82 Å². The molecule has 1 fully saturated rings. The van der Waals surface area contributed by atoms with Crippen molar-refractivity contribution in [2.75, 3.05) is 11.9 Å². The highest BCUT2D eigenvalue weighted by molar-refractivity contribution is 6.00. The summed E-state index contributed by atoms with van der Waals surface area (Å²) >= 11 is 0. The van der Waals surface area contributed by atoms with Crippen molar-refractivity contribution in [2.24, 2.45) is 16.9 Å². The van der Waals surface area contributed by atoms with Gasteiger partial charge in [0.1, 0.15) is 6.10 Å². The first-order valence-corrected chi connectivity index (χ1v) is 11.2. The fourth-order valence-electron chi connectivity index (χ4n) is 4.88. The Bertz CT molecular complexity index is 1120. The average molecular weight is 455 g/mol. The monoisotopic (exact) mass is 454 g/mol. The fourth-order valence-corrected chi connectivity index (χ4v) is 4.88. The molecule has 33 heavy (non-hydrogen) atoms. The van der Waals surface area contributed by atoms with E-state index in [-0.39, 0.29) is 41.4 Å². The number of hydrogen-bond donors (Lipinski definition) is 3. The molecule has 2 heterocycles. The molecule has 0 aliphatic heterocycles. The van der Waals surface area contributed by atoms with E-state index in [0.29, 0.717) is 25.1 Å². The number of amides is 1. The number of Topliss-reactive ketones (excluding diaryl/α,β-unsaturated/α-hetero) is 1. The lowest BCUT2D eigenvalue weighted by molar-refractivity contribution is -0.147. The van der Waals surface area contributed by atoms with Crippen LogP contribution in [0.5, 0.6) is 0 Å². The average Bonchev–Trinajstić information content (AvgIpc) is 3.30. The minimum atomic E-state index is -0.716. The molecule has 1 amide bonds. The Kier molecular flexibility index (Phi) is 5.96. The molecule has 2 aromatic rings. The molecule has 0 radical (unpaired) electrons. The molecule has 2 aliphatic rings. The lowest BCUT2D eigenvalue weighted by Gasteiger charge is -2.30. The molecule has 0 saturated heterocycles. The molecule has 10 heteroatoms. The van der Waals surface area contributed by atoms with E-state index in [9.17, 15) is 14.4 Å². The van der Waals surface area contributed by atoms with Gasteiger partial charge in [-0.3, -0.25) is 14.4 Å². The SMILES string of the molecule is Cc1cn(-c2cnc(C(N)=O)c(NC3CCCC3OC(=O)CN)n2)c2c1C(=O)CC(C)(C)C2. The summed E-state index contributed by atoms with van der Waals surface area (Å²) in [5.74, 6) is -0.376. The Morgan fingerprint density at radius 3 is 2.76 bits per heavy atom. The molecule has 2 atom stereocenters. The molecule has 1 saturated carbocycles. The molecule has 2 aromatic heterocycles.